The Morgan fingerprint density at radius 2 is 1.93 bits per heavy atom. The van der Waals surface area contributed by atoms with E-state index >= 15 is 0 Å². The molecule has 5 rings (SSSR count). The highest BCUT2D eigenvalue weighted by atomic mass is 16.2. The molecule has 29 heavy (non-hydrogen) atoms. The molecule has 2 aromatic heterocycles. The Morgan fingerprint density at radius 1 is 1.10 bits per heavy atom. The molecule has 144 valence electrons. The van der Waals surface area contributed by atoms with Gasteiger partial charge in [-0.25, -0.2) is 0 Å². The lowest BCUT2D eigenvalue weighted by Gasteiger charge is -2.15. The summed E-state index contributed by atoms with van der Waals surface area (Å²) in [6, 6.07) is 11.9. The van der Waals surface area contributed by atoms with Gasteiger partial charge >= 0.3 is 0 Å². The monoisotopic (exact) mass is 382 g/mol. The van der Waals surface area contributed by atoms with E-state index < -0.39 is 0 Å². The lowest BCUT2D eigenvalue weighted by atomic mass is 9.96. The number of fused-ring (bicyclic) bond motifs is 1. The molecule has 0 atom stereocenters. The number of rotatable bonds is 2. The molecule has 0 bridgehead atoms. The fourth-order valence-electron chi connectivity index (χ4n) is 4.23. The minimum Gasteiger partial charge on any atom is -0.349 e. The fourth-order valence-corrected chi connectivity index (χ4v) is 4.23. The van der Waals surface area contributed by atoms with E-state index in [1.165, 1.54) is 25.7 Å². The summed E-state index contributed by atoms with van der Waals surface area (Å²) in [5, 5.41) is 7.80. The zero-order chi connectivity index (χ0) is 19.6. The second-order valence-corrected chi connectivity index (χ2v) is 7.59. The van der Waals surface area contributed by atoms with Gasteiger partial charge < -0.3 is 5.32 Å². The van der Waals surface area contributed by atoms with Crippen LogP contribution < -0.4 is 5.32 Å². The third-order valence-corrected chi connectivity index (χ3v) is 5.68. The van der Waals surface area contributed by atoms with Crippen molar-refractivity contribution in [1.82, 2.24) is 20.1 Å². The lowest BCUT2D eigenvalue weighted by molar-refractivity contribution is 0.0925. The number of hydrogen-bond donors (Lipinski definition) is 1. The van der Waals surface area contributed by atoms with E-state index in [1.54, 1.807) is 6.20 Å². The number of carbonyl (C=O) groups excluding carboxylic acids is 1. The number of benzene rings is 1. The van der Waals surface area contributed by atoms with Crippen LogP contribution in [0.4, 0.5) is 0 Å². The molecular formula is C24H22N4O. The Balaban J connectivity index is 1.69. The number of hydrogen-bond acceptors (Lipinski definition) is 3. The van der Waals surface area contributed by atoms with Gasteiger partial charge in [-0.15, -0.1) is 0 Å². The number of nitrogens with zero attached hydrogens (tertiary/aromatic N) is 3. The molecule has 5 heteroatoms. The highest BCUT2D eigenvalue weighted by Crippen LogP contribution is 2.36. The number of carbonyl (C=O) groups is 1. The van der Waals surface area contributed by atoms with Crippen LogP contribution in [0.5, 0.6) is 0 Å². The van der Waals surface area contributed by atoms with Crippen LogP contribution in [-0.2, 0) is 6.54 Å². The maximum atomic E-state index is 12.7. The second kappa shape index (κ2) is 7.56. The van der Waals surface area contributed by atoms with Gasteiger partial charge in [0.1, 0.15) is 11.4 Å². The summed E-state index contributed by atoms with van der Waals surface area (Å²) < 4.78 is 1.82. The van der Waals surface area contributed by atoms with E-state index in [4.69, 9.17) is 5.10 Å². The summed E-state index contributed by atoms with van der Waals surface area (Å²) in [7, 11) is 0. The first-order chi connectivity index (χ1) is 14.3. The Morgan fingerprint density at radius 3 is 2.76 bits per heavy atom. The van der Waals surface area contributed by atoms with Crippen LogP contribution in [0.25, 0.3) is 22.4 Å². The molecule has 3 aromatic rings. The largest absolute Gasteiger partial charge is 0.349 e. The van der Waals surface area contributed by atoms with Gasteiger partial charge in [-0.05, 0) is 24.5 Å². The van der Waals surface area contributed by atoms with Crippen molar-refractivity contribution in [3.05, 3.63) is 60.0 Å². The van der Waals surface area contributed by atoms with Crippen LogP contribution in [0, 0.1) is 17.8 Å². The van der Waals surface area contributed by atoms with Crippen molar-refractivity contribution >= 4 is 5.91 Å². The van der Waals surface area contributed by atoms with Crippen molar-refractivity contribution in [1.29, 1.82) is 0 Å². The first-order valence-electron chi connectivity index (χ1n) is 10.2. The first kappa shape index (κ1) is 17.7. The van der Waals surface area contributed by atoms with Gasteiger partial charge in [0.15, 0.2) is 0 Å². The predicted octanol–water partition coefficient (Wildman–Crippen LogP) is 3.90. The van der Waals surface area contributed by atoms with Crippen molar-refractivity contribution in [3.8, 4) is 34.2 Å². The van der Waals surface area contributed by atoms with Crippen LogP contribution in [0.1, 0.15) is 41.7 Å². The smallest absolute Gasteiger partial charge is 0.270 e. The first-order valence-corrected chi connectivity index (χ1v) is 10.2. The van der Waals surface area contributed by atoms with Crippen molar-refractivity contribution in [2.45, 2.75) is 32.2 Å². The van der Waals surface area contributed by atoms with E-state index in [0.717, 1.165) is 27.9 Å². The summed E-state index contributed by atoms with van der Waals surface area (Å²) in [6.07, 6.45) is 8.46. The van der Waals surface area contributed by atoms with Gasteiger partial charge in [0.2, 0.25) is 0 Å². The van der Waals surface area contributed by atoms with Crippen LogP contribution in [0.15, 0.2) is 48.8 Å². The summed E-state index contributed by atoms with van der Waals surface area (Å²) in [4.78, 5) is 17.0. The summed E-state index contributed by atoms with van der Waals surface area (Å²) in [5.74, 6) is 7.18. The molecular weight excluding hydrogens is 360 g/mol. The molecule has 1 aromatic carbocycles. The average Bonchev–Trinajstić information content (AvgIpc) is 3.41. The molecule has 2 aliphatic rings. The number of nitrogens with one attached hydrogen (secondary N) is 1. The minimum atomic E-state index is -0.0819. The topological polar surface area (TPSA) is 59.8 Å². The third kappa shape index (κ3) is 3.31. The predicted molar refractivity (Wildman–Crippen MR) is 112 cm³/mol. The zero-order valence-corrected chi connectivity index (χ0v) is 16.2. The Bertz CT molecular complexity index is 1110. The normalized spacial score (nSPS) is 16.1. The highest BCUT2D eigenvalue weighted by molar-refractivity contribution is 6.03. The molecule has 0 spiro atoms. The van der Waals surface area contributed by atoms with Gasteiger partial charge in [0, 0.05) is 36.0 Å². The molecule has 5 nitrogen and oxygen atoms in total. The van der Waals surface area contributed by atoms with Gasteiger partial charge in [0.05, 0.1) is 12.1 Å². The van der Waals surface area contributed by atoms with E-state index in [-0.39, 0.29) is 5.91 Å². The van der Waals surface area contributed by atoms with Gasteiger partial charge in [-0.1, -0.05) is 55.0 Å². The number of amides is 1. The highest BCUT2D eigenvalue weighted by Gasteiger charge is 2.28. The Hall–Kier alpha value is -3.39. The fraction of sp³-hybridized carbons (Fsp3) is 0.292. The average molecular weight is 382 g/mol. The molecule has 1 N–H and O–H groups in total. The molecule has 1 saturated carbocycles. The van der Waals surface area contributed by atoms with Crippen LogP contribution in [0.3, 0.4) is 0 Å². The Kier molecular flexibility index (Phi) is 4.61. The summed E-state index contributed by atoms with van der Waals surface area (Å²) >= 11 is 0. The lowest BCUT2D eigenvalue weighted by Crippen LogP contribution is -2.35. The van der Waals surface area contributed by atoms with E-state index in [9.17, 15) is 4.79 Å². The quantitative estimate of drug-likeness (QED) is 0.684. The zero-order valence-electron chi connectivity index (χ0n) is 16.2. The van der Waals surface area contributed by atoms with E-state index in [2.05, 4.69) is 22.1 Å². The van der Waals surface area contributed by atoms with Crippen LogP contribution in [-0.4, -0.2) is 27.2 Å². The second-order valence-electron chi connectivity index (χ2n) is 7.59. The standard InChI is InChI=1S/C24H22N4O/c29-24-23-21(18-8-2-1-3-9-18)22(27-28(23)15-14-26-24)20-12-13-25-16-19(20)11-10-17-6-4-5-7-17/h1-3,8-9,12-13,16-17H,4-7,14-15H2,(H,26,29). The van der Waals surface area contributed by atoms with E-state index in [1.807, 2.05) is 47.3 Å². The van der Waals surface area contributed by atoms with Crippen molar-refractivity contribution in [3.63, 3.8) is 0 Å². The SMILES string of the molecule is O=C1NCCn2nc(-c3ccncc3C#CC3CCCC3)c(-c3ccccc3)c21. The summed E-state index contributed by atoms with van der Waals surface area (Å²) in [6.45, 7) is 1.25. The third-order valence-electron chi connectivity index (χ3n) is 5.68. The minimum absolute atomic E-state index is 0.0819. The molecule has 0 unspecified atom stereocenters. The van der Waals surface area contributed by atoms with Crippen molar-refractivity contribution < 1.29 is 4.79 Å². The van der Waals surface area contributed by atoms with Crippen molar-refractivity contribution in [2.75, 3.05) is 6.54 Å². The molecule has 1 aliphatic heterocycles. The maximum Gasteiger partial charge on any atom is 0.270 e. The molecule has 1 amide bonds. The molecule has 0 radical (unpaired) electrons. The molecule has 3 heterocycles. The van der Waals surface area contributed by atoms with Crippen LogP contribution in [0.2, 0.25) is 0 Å². The Labute approximate surface area is 170 Å². The van der Waals surface area contributed by atoms with Crippen LogP contribution >= 0.6 is 0 Å². The van der Waals surface area contributed by atoms with Gasteiger partial charge in [-0.3, -0.25) is 14.5 Å². The van der Waals surface area contributed by atoms with Crippen molar-refractivity contribution in [2.24, 2.45) is 5.92 Å². The van der Waals surface area contributed by atoms with Gasteiger partial charge in [-0.2, -0.15) is 5.10 Å². The van der Waals surface area contributed by atoms with Gasteiger partial charge in [0.25, 0.3) is 5.91 Å². The number of aromatic nitrogens is 3. The number of pyridine rings is 1. The molecule has 1 aliphatic carbocycles. The molecule has 0 saturated heterocycles. The molecule has 1 fully saturated rings. The summed E-state index contributed by atoms with van der Waals surface area (Å²) in [5.41, 5.74) is 5.04. The van der Waals surface area contributed by atoms with E-state index in [0.29, 0.717) is 24.7 Å². The maximum absolute atomic E-state index is 12.7.